The summed E-state index contributed by atoms with van der Waals surface area (Å²) in [7, 11) is 0. The minimum Gasteiger partial charge on any atom is -0.385 e. The van der Waals surface area contributed by atoms with E-state index in [9.17, 15) is 9.18 Å². The maximum atomic E-state index is 13.1. The van der Waals surface area contributed by atoms with Crippen molar-refractivity contribution in [3.8, 4) is 0 Å². The fourth-order valence-corrected chi connectivity index (χ4v) is 3.72. The summed E-state index contributed by atoms with van der Waals surface area (Å²) in [5.74, 6) is -0.0474. The van der Waals surface area contributed by atoms with Crippen LogP contribution in [0.15, 0.2) is 48.5 Å². The molecule has 0 radical (unpaired) electrons. The minimum atomic E-state index is -0.224. The first-order valence-corrected chi connectivity index (χ1v) is 10.5. The van der Waals surface area contributed by atoms with Gasteiger partial charge in [-0.15, -0.1) is 0 Å². The fourth-order valence-electron chi connectivity index (χ4n) is 3.72. The lowest BCUT2D eigenvalue weighted by Gasteiger charge is -2.36. The monoisotopic (exact) mass is 398 g/mol. The van der Waals surface area contributed by atoms with Crippen LogP contribution in [0.3, 0.4) is 0 Å². The zero-order valence-electron chi connectivity index (χ0n) is 17.4. The van der Waals surface area contributed by atoms with Crippen LogP contribution < -0.4 is 15.1 Å². The highest BCUT2D eigenvalue weighted by Gasteiger charge is 2.20. The summed E-state index contributed by atoms with van der Waals surface area (Å²) in [6, 6.07) is 14.9. The highest BCUT2D eigenvalue weighted by molar-refractivity contribution is 5.77. The van der Waals surface area contributed by atoms with E-state index in [0.29, 0.717) is 26.1 Å². The third-order valence-corrected chi connectivity index (χ3v) is 5.49. The predicted molar refractivity (Wildman–Crippen MR) is 118 cm³/mol. The molecule has 1 saturated heterocycles. The SMILES string of the molecule is CCN(CC)c1ccc(NCCC(=O)N2CCN(c3ccc(F)cc3)CC2)cc1. The van der Waals surface area contributed by atoms with Gasteiger partial charge in [-0.25, -0.2) is 4.39 Å². The predicted octanol–water partition coefficient (Wildman–Crippen LogP) is 3.82. The van der Waals surface area contributed by atoms with Gasteiger partial charge in [0.2, 0.25) is 5.91 Å². The largest absolute Gasteiger partial charge is 0.385 e. The van der Waals surface area contributed by atoms with Crippen molar-refractivity contribution in [2.75, 3.05) is 60.9 Å². The van der Waals surface area contributed by atoms with Crippen LogP contribution in [0.2, 0.25) is 0 Å². The van der Waals surface area contributed by atoms with Crippen molar-refractivity contribution in [2.45, 2.75) is 20.3 Å². The van der Waals surface area contributed by atoms with Crippen molar-refractivity contribution < 1.29 is 9.18 Å². The van der Waals surface area contributed by atoms with Gasteiger partial charge in [0.15, 0.2) is 0 Å². The number of nitrogens with one attached hydrogen (secondary N) is 1. The van der Waals surface area contributed by atoms with Gasteiger partial charge in [0.1, 0.15) is 5.82 Å². The van der Waals surface area contributed by atoms with Gasteiger partial charge >= 0.3 is 0 Å². The number of carbonyl (C=O) groups is 1. The summed E-state index contributed by atoms with van der Waals surface area (Å²) < 4.78 is 13.1. The molecule has 0 saturated carbocycles. The maximum absolute atomic E-state index is 13.1. The number of anilines is 3. The van der Waals surface area contributed by atoms with Crippen molar-refractivity contribution >= 4 is 23.0 Å². The van der Waals surface area contributed by atoms with E-state index in [1.807, 2.05) is 4.90 Å². The molecule has 1 heterocycles. The smallest absolute Gasteiger partial charge is 0.224 e. The molecule has 2 aromatic carbocycles. The molecule has 1 fully saturated rings. The zero-order valence-corrected chi connectivity index (χ0v) is 17.4. The van der Waals surface area contributed by atoms with Gasteiger partial charge in [-0.1, -0.05) is 0 Å². The second kappa shape index (κ2) is 10.1. The summed E-state index contributed by atoms with van der Waals surface area (Å²) in [6.45, 7) is 9.88. The van der Waals surface area contributed by atoms with Gasteiger partial charge in [0.05, 0.1) is 0 Å². The molecule has 156 valence electrons. The summed E-state index contributed by atoms with van der Waals surface area (Å²) in [5.41, 5.74) is 3.26. The lowest BCUT2D eigenvalue weighted by Crippen LogP contribution is -2.49. The Hall–Kier alpha value is -2.76. The van der Waals surface area contributed by atoms with Crippen LogP contribution in [0.5, 0.6) is 0 Å². The molecule has 2 aromatic rings. The van der Waals surface area contributed by atoms with E-state index in [1.165, 1.54) is 17.8 Å². The van der Waals surface area contributed by atoms with Crippen molar-refractivity contribution in [3.05, 3.63) is 54.3 Å². The number of halogens is 1. The lowest BCUT2D eigenvalue weighted by atomic mass is 10.2. The normalized spacial score (nSPS) is 14.0. The van der Waals surface area contributed by atoms with Crippen LogP contribution in [0.25, 0.3) is 0 Å². The summed E-state index contributed by atoms with van der Waals surface area (Å²) in [4.78, 5) is 18.9. The molecule has 1 amide bonds. The number of carbonyl (C=O) groups excluding carboxylic acids is 1. The quantitative estimate of drug-likeness (QED) is 0.734. The van der Waals surface area contributed by atoms with Crippen LogP contribution in [0.4, 0.5) is 21.5 Å². The van der Waals surface area contributed by atoms with Crippen LogP contribution in [0, 0.1) is 5.82 Å². The summed E-state index contributed by atoms with van der Waals surface area (Å²) in [5, 5.41) is 3.34. The Morgan fingerprint density at radius 1 is 0.966 bits per heavy atom. The topological polar surface area (TPSA) is 38.8 Å². The first-order chi connectivity index (χ1) is 14.1. The first-order valence-electron chi connectivity index (χ1n) is 10.5. The number of hydrogen-bond donors (Lipinski definition) is 1. The second-order valence-corrected chi connectivity index (χ2v) is 7.24. The Bertz CT molecular complexity index is 766. The van der Waals surface area contributed by atoms with E-state index in [4.69, 9.17) is 0 Å². The van der Waals surface area contributed by atoms with E-state index in [1.54, 1.807) is 12.1 Å². The fraction of sp³-hybridized carbons (Fsp3) is 0.435. The van der Waals surface area contributed by atoms with E-state index in [-0.39, 0.29) is 11.7 Å². The number of nitrogens with zero attached hydrogens (tertiary/aromatic N) is 3. The number of hydrogen-bond acceptors (Lipinski definition) is 4. The molecule has 1 aliphatic rings. The van der Waals surface area contributed by atoms with Crippen molar-refractivity contribution in [1.82, 2.24) is 4.90 Å². The third-order valence-electron chi connectivity index (χ3n) is 5.49. The number of rotatable bonds is 8. The van der Waals surface area contributed by atoms with Gasteiger partial charge in [-0.3, -0.25) is 4.79 Å². The molecule has 0 unspecified atom stereocenters. The molecule has 0 atom stereocenters. The minimum absolute atomic E-state index is 0.177. The standard InChI is InChI=1S/C23H31FN4O/c1-3-26(4-2)21-11-7-20(8-12-21)25-14-13-23(29)28-17-15-27(16-18-28)22-9-5-19(24)6-10-22/h5-12,25H,3-4,13-18H2,1-2H3. The first kappa shape index (κ1) is 21.0. The Balaban J connectivity index is 1.40. The molecule has 6 heteroatoms. The molecule has 1 aliphatic heterocycles. The van der Waals surface area contributed by atoms with Gasteiger partial charge < -0.3 is 20.0 Å². The second-order valence-electron chi connectivity index (χ2n) is 7.24. The van der Waals surface area contributed by atoms with E-state index >= 15 is 0 Å². The Labute approximate surface area is 173 Å². The molecule has 0 aliphatic carbocycles. The summed E-state index contributed by atoms with van der Waals surface area (Å²) in [6.07, 6.45) is 0.481. The molecule has 1 N–H and O–H groups in total. The molecule has 0 bridgehead atoms. The number of piperazine rings is 1. The van der Waals surface area contributed by atoms with Crippen molar-refractivity contribution in [3.63, 3.8) is 0 Å². The maximum Gasteiger partial charge on any atom is 0.224 e. The van der Waals surface area contributed by atoms with Crippen LogP contribution in [-0.4, -0.2) is 56.6 Å². The van der Waals surface area contributed by atoms with Gasteiger partial charge in [0, 0.05) is 69.3 Å². The van der Waals surface area contributed by atoms with E-state index < -0.39 is 0 Å². The van der Waals surface area contributed by atoms with E-state index in [2.05, 4.69) is 53.2 Å². The van der Waals surface area contributed by atoms with Crippen LogP contribution in [0.1, 0.15) is 20.3 Å². The van der Waals surface area contributed by atoms with Gasteiger partial charge in [0.25, 0.3) is 0 Å². The Morgan fingerprint density at radius 2 is 1.59 bits per heavy atom. The van der Waals surface area contributed by atoms with Gasteiger partial charge in [-0.2, -0.15) is 0 Å². The molecular formula is C23H31FN4O. The number of benzene rings is 2. The Kier molecular flexibility index (Phi) is 7.33. The van der Waals surface area contributed by atoms with Crippen molar-refractivity contribution in [1.29, 1.82) is 0 Å². The Morgan fingerprint density at radius 3 is 2.17 bits per heavy atom. The molecular weight excluding hydrogens is 367 g/mol. The molecule has 29 heavy (non-hydrogen) atoms. The molecule has 5 nitrogen and oxygen atoms in total. The average Bonchev–Trinajstić information content (AvgIpc) is 2.76. The zero-order chi connectivity index (χ0) is 20.6. The molecule has 3 rings (SSSR count). The summed E-state index contributed by atoms with van der Waals surface area (Å²) >= 11 is 0. The highest BCUT2D eigenvalue weighted by Crippen LogP contribution is 2.19. The highest BCUT2D eigenvalue weighted by atomic mass is 19.1. The lowest BCUT2D eigenvalue weighted by molar-refractivity contribution is -0.131. The number of amides is 1. The molecule has 0 aromatic heterocycles. The van der Waals surface area contributed by atoms with Crippen molar-refractivity contribution in [2.24, 2.45) is 0 Å². The molecule has 0 spiro atoms. The third kappa shape index (κ3) is 5.62. The van der Waals surface area contributed by atoms with E-state index in [0.717, 1.165) is 37.6 Å². The average molecular weight is 399 g/mol. The van der Waals surface area contributed by atoms with Gasteiger partial charge in [-0.05, 0) is 62.4 Å². The van der Waals surface area contributed by atoms with Crippen LogP contribution >= 0.6 is 0 Å². The van der Waals surface area contributed by atoms with Crippen LogP contribution in [-0.2, 0) is 4.79 Å².